The molecular formula is C22H16ClF2N5O2. The molecule has 0 radical (unpaired) electrons. The van der Waals surface area contributed by atoms with E-state index >= 15 is 0 Å². The molecule has 0 bridgehead atoms. The van der Waals surface area contributed by atoms with Gasteiger partial charge in [0.2, 0.25) is 5.89 Å². The lowest BCUT2D eigenvalue weighted by Crippen LogP contribution is -2.36. The van der Waals surface area contributed by atoms with Crippen LogP contribution >= 0.6 is 11.6 Å². The van der Waals surface area contributed by atoms with Gasteiger partial charge in [-0.15, -0.1) is 10.2 Å². The normalized spacial score (nSPS) is 13.3. The van der Waals surface area contributed by atoms with Gasteiger partial charge in [-0.25, -0.2) is 8.78 Å². The first-order valence-electron chi connectivity index (χ1n) is 9.80. The van der Waals surface area contributed by atoms with Crippen LogP contribution in [0.1, 0.15) is 21.6 Å². The molecule has 0 saturated heterocycles. The lowest BCUT2D eigenvalue weighted by Gasteiger charge is -2.27. The van der Waals surface area contributed by atoms with Crippen LogP contribution in [0.15, 0.2) is 46.9 Å². The first-order valence-corrected chi connectivity index (χ1v) is 10.2. The highest BCUT2D eigenvalue weighted by atomic mass is 35.5. The molecule has 2 aromatic carbocycles. The van der Waals surface area contributed by atoms with Gasteiger partial charge in [-0.05, 0) is 30.3 Å². The van der Waals surface area contributed by atoms with Crippen LogP contribution < -0.4 is 0 Å². The highest BCUT2D eigenvalue weighted by Gasteiger charge is 2.30. The third kappa shape index (κ3) is 3.44. The summed E-state index contributed by atoms with van der Waals surface area (Å²) in [6.45, 7) is 0.638. The van der Waals surface area contributed by atoms with Gasteiger partial charge in [0.15, 0.2) is 17.3 Å². The molecular weight excluding hydrogens is 440 g/mol. The number of aryl methyl sites for hydroxylation is 1. The van der Waals surface area contributed by atoms with E-state index in [4.69, 9.17) is 16.0 Å². The molecule has 1 aliphatic heterocycles. The number of hydrogen-bond acceptors (Lipinski definition) is 5. The van der Waals surface area contributed by atoms with E-state index in [1.165, 1.54) is 6.07 Å². The van der Waals surface area contributed by atoms with Crippen LogP contribution in [-0.4, -0.2) is 37.3 Å². The van der Waals surface area contributed by atoms with Crippen LogP contribution in [0.3, 0.4) is 0 Å². The molecule has 0 N–H and O–H groups in total. The number of fused-ring (bicyclic) bond motifs is 1. The number of rotatable bonds is 3. The Morgan fingerprint density at radius 3 is 2.66 bits per heavy atom. The average Bonchev–Trinajstić information content (AvgIpc) is 3.40. The third-order valence-corrected chi connectivity index (χ3v) is 5.76. The van der Waals surface area contributed by atoms with E-state index in [2.05, 4.69) is 15.3 Å². The van der Waals surface area contributed by atoms with Crippen molar-refractivity contribution < 1.29 is 18.0 Å². The minimum atomic E-state index is -1.06. The average molecular weight is 456 g/mol. The van der Waals surface area contributed by atoms with Crippen molar-refractivity contribution >= 4 is 17.5 Å². The topological polar surface area (TPSA) is 77.1 Å². The van der Waals surface area contributed by atoms with Crippen molar-refractivity contribution in [1.82, 2.24) is 24.9 Å². The number of hydrogen-bond donors (Lipinski definition) is 0. The Bertz CT molecular complexity index is 1350. The first-order chi connectivity index (χ1) is 15.4. The fourth-order valence-electron chi connectivity index (χ4n) is 3.81. The van der Waals surface area contributed by atoms with Crippen molar-refractivity contribution in [3.63, 3.8) is 0 Å². The van der Waals surface area contributed by atoms with Crippen LogP contribution in [0.4, 0.5) is 8.78 Å². The summed E-state index contributed by atoms with van der Waals surface area (Å²) < 4.78 is 34.4. The molecule has 0 aliphatic carbocycles. The molecule has 0 saturated carbocycles. The van der Waals surface area contributed by atoms with Crippen LogP contribution in [-0.2, 0) is 20.0 Å². The molecule has 0 atom stereocenters. The van der Waals surface area contributed by atoms with Crippen molar-refractivity contribution in [2.24, 2.45) is 7.05 Å². The number of halogens is 3. The largest absolute Gasteiger partial charge is 0.414 e. The zero-order valence-electron chi connectivity index (χ0n) is 16.8. The number of benzene rings is 2. The zero-order chi connectivity index (χ0) is 22.4. The number of carbonyl (C=O) groups is 1. The van der Waals surface area contributed by atoms with E-state index in [9.17, 15) is 13.6 Å². The van der Waals surface area contributed by atoms with E-state index in [0.717, 1.165) is 23.4 Å². The van der Waals surface area contributed by atoms with Gasteiger partial charge in [-0.1, -0.05) is 23.7 Å². The van der Waals surface area contributed by atoms with E-state index in [1.54, 1.807) is 34.8 Å². The lowest BCUT2D eigenvalue weighted by molar-refractivity contribution is 0.0733. The number of aromatic nitrogens is 4. The highest BCUT2D eigenvalue weighted by Crippen LogP contribution is 2.33. The molecule has 7 nitrogen and oxygen atoms in total. The Kier molecular flexibility index (Phi) is 4.97. The van der Waals surface area contributed by atoms with Gasteiger partial charge in [0.1, 0.15) is 0 Å². The molecule has 0 unspecified atom stereocenters. The van der Waals surface area contributed by atoms with Crippen molar-refractivity contribution in [2.75, 3.05) is 6.54 Å². The number of nitrogens with zero attached hydrogens (tertiary/aromatic N) is 5. The second kappa shape index (κ2) is 7.83. The molecule has 0 spiro atoms. The van der Waals surface area contributed by atoms with E-state index < -0.39 is 17.5 Å². The molecule has 0 fully saturated rings. The second-order valence-electron chi connectivity index (χ2n) is 7.40. The third-order valence-electron chi connectivity index (χ3n) is 5.43. The molecule has 10 heteroatoms. The summed E-state index contributed by atoms with van der Waals surface area (Å²) in [6.07, 6.45) is 0.541. The molecule has 1 amide bonds. The summed E-state index contributed by atoms with van der Waals surface area (Å²) in [5.41, 5.74) is 2.86. The van der Waals surface area contributed by atoms with Crippen molar-refractivity contribution in [3.8, 4) is 23.0 Å². The zero-order valence-corrected chi connectivity index (χ0v) is 17.6. The Hall–Kier alpha value is -3.59. The summed E-state index contributed by atoms with van der Waals surface area (Å²) >= 11 is 6.22. The highest BCUT2D eigenvalue weighted by molar-refractivity contribution is 6.33. The SMILES string of the molecule is Cn1nc(-c2nnc(-c3ccccc3Cl)o2)c2c1CCN(C(=O)c1ccc(F)c(F)c1)C2. The fourth-order valence-corrected chi connectivity index (χ4v) is 4.03. The number of amides is 1. The monoisotopic (exact) mass is 455 g/mol. The Labute approximate surface area is 186 Å². The van der Waals surface area contributed by atoms with E-state index in [1.807, 2.05) is 6.07 Å². The van der Waals surface area contributed by atoms with Gasteiger partial charge >= 0.3 is 0 Å². The van der Waals surface area contributed by atoms with Gasteiger partial charge in [0, 0.05) is 36.8 Å². The maximum Gasteiger partial charge on any atom is 0.268 e. The fraction of sp³-hybridized carbons (Fsp3) is 0.182. The summed E-state index contributed by atoms with van der Waals surface area (Å²) in [6, 6.07) is 10.2. The minimum absolute atomic E-state index is 0.0802. The van der Waals surface area contributed by atoms with Gasteiger partial charge in [-0.3, -0.25) is 9.48 Å². The summed E-state index contributed by atoms with van der Waals surface area (Å²) in [7, 11) is 1.81. The van der Waals surface area contributed by atoms with Crippen LogP contribution in [0, 0.1) is 11.6 Å². The van der Waals surface area contributed by atoms with Crippen molar-refractivity contribution in [1.29, 1.82) is 0 Å². The standard InChI is InChI=1S/C22H16ClF2N5O2/c1-29-18-8-9-30(22(31)12-6-7-16(24)17(25)10-12)11-14(18)19(28-29)21-27-26-20(32-21)13-4-2-3-5-15(13)23/h2-7,10H,8-9,11H2,1H3. The molecule has 5 rings (SSSR count). The summed E-state index contributed by atoms with van der Waals surface area (Å²) in [5, 5.41) is 13.2. The summed E-state index contributed by atoms with van der Waals surface area (Å²) in [5.74, 6) is -1.99. The van der Waals surface area contributed by atoms with Gasteiger partial charge in [-0.2, -0.15) is 5.10 Å². The van der Waals surface area contributed by atoms with Gasteiger partial charge < -0.3 is 9.32 Å². The van der Waals surface area contributed by atoms with Crippen LogP contribution in [0.5, 0.6) is 0 Å². The van der Waals surface area contributed by atoms with Crippen LogP contribution in [0.25, 0.3) is 23.0 Å². The molecule has 2 aromatic heterocycles. The molecule has 32 heavy (non-hydrogen) atoms. The number of carbonyl (C=O) groups excluding carboxylic acids is 1. The molecule has 162 valence electrons. The van der Waals surface area contributed by atoms with Crippen molar-refractivity contribution in [2.45, 2.75) is 13.0 Å². The van der Waals surface area contributed by atoms with Gasteiger partial charge in [0.25, 0.3) is 11.8 Å². The predicted molar refractivity (Wildman–Crippen MR) is 112 cm³/mol. The van der Waals surface area contributed by atoms with Gasteiger partial charge in [0.05, 0.1) is 17.1 Å². The van der Waals surface area contributed by atoms with Crippen LogP contribution in [0.2, 0.25) is 5.02 Å². The maximum absolute atomic E-state index is 13.6. The van der Waals surface area contributed by atoms with E-state index in [-0.39, 0.29) is 23.9 Å². The Balaban J connectivity index is 1.47. The first kappa shape index (κ1) is 20.3. The Morgan fingerprint density at radius 1 is 1.09 bits per heavy atom. The lowest BCUT2D eigenvalue weighted by atomic mass is 10.0. The predicted octanol–water partition coefficient (Wildman–Crippen LogP) is 4.27. The molecule has 1 aliphatic rings. The van der Waals surface area contributed by atoms with E-state index in [0.29, 0.717) is 29.2 Å². The minimum Gasteiger partial charge on any atom is -0.414 e. The smallest absolute Gasteiger partial charge is 0.268 e. The summed E-state index contributed by atoms with van der Waals surface area (Å²) in [4.78, 5) is 14.5. The quantitative estimate of drug-likeness (QED) is 0.461. The molecule has 3 heterocycles. The maximum atomic E-state index is 13.6. The van der Waals surface area contributed by atoms with Crippen molar-refractivity contribution in [3.05, 3.63) is 75.9 Å². The second-order valence-corrected chi connectivity index (χ2v) is 7.80. The Morgan fingerprint density at radius 2 is 1.88 bits per heavy atom. The molecule has 4 aromatic rings.